The van der Waals surface area contributed by atoms with Crippen LogP contribution in [0.25, 0.3) is 0 Å². The van der Waals surface area contributed by atoms with Crippen LogP contribution in [0, 0.1) is 6.92 Å². The molecule has 1 aromatic carbocycles. The monoisotopic (exact) mass is 273 g/mol. The number of hydrogen-bond acceptors (Lipinski definition) is 2. The van der Waals surface area contributed by atoms with E-state index in [2.05, 4.69) is 0 Å². The van der Waals surface area contributed by atoms with Crippen LogP contribution < -0.4 is 0 Å². The highest BCUT2D eigenvalue weighted by molar-refractivity contribution is 7.89. The van der Waals surface area contributed by atoms with E-state index in [9.17, 15) is 8.42 Å². The quantitative estimate of drug-likeness (QED) is 0.793. The SMILES string of the molecule is Cc1cccc(S(=O)(=O)N2CCCC2CCl)c1. The first-order chi connectivity index (χ1) is 8.05. The molecular formula is C12H16ClNO2S. The zero-order valence-corrected chi connectivity index (χ0v) is 11.3. The minimum absolute atomic E-state index is 0.0535. The molecule has 17 heavy (non-hydrogen) atoms. The molecule has 1 aliphatic rings. The van der Waals surface area contributed by atoms with Gasteiger partial charge in [-0.2, -0.15) is 4.31 Å². The maximum Gasteiger partial charge on any atom is 0.243 e. The van der Waals surface area contributed by atoms with Crippen molar-refractivity contribution in [2.75, 3.05) is 12.4 Å². The Balaban J connectivity index is 2.36. The molecule has 3 nitrogen and oxygen atoms in total. The fourth-order valence-electron chi connectivity index (χ4n) is 2.19. The summed E-state index contributed by atoms with van der Waals surface area (Å²) in [6.07, 6.45) is 1.75. The predicted octanol–water partition coefficient (Wildman–Crippen LogP) is 2.39. The molecule has 94 valence electrons. The summed E-state index contributed by atoms with van der Waals surface area (Å²) in [7, 11) is -3.37. The zero-order valence-electron chi connectivity index (χ0n) is 9.77. The van der Waals surface area contributed by atoms with Crippen molar-refractivity contribution in [3.63, 3.8) is 0 Å². The van der Waals surface area contributed by atoms with Gasteiger partial charge in [0.1, 0.15) is 0 Å². The van der Waals surface area contributed by atoms with Crippen LogP contribution in [-0.4, -0.2) is 31.2 Å². The van der Waals surface area contributed by atoms with Gasteiger partial charge in [0.15, 0.2) is 0 Å². The molecule has 1 heterocycles. The Labute approximate surface area is 107 Å². The van der Waals surface area contributed by atoms with E-state index in [1.807, 2.05) is 13.0 Å². The maximum atomic E-state index is 12.4. The number of hydrogen-bond donors (Lipinski definition) is 0. The molecular weight excluding hydrogens is 258 g/mol. The predicted molar refractivity (Wildman–Crippen MR) is 68.8 cm³/mol. The van der Waals surface area contributed by atoms with E-state index >= 15 is 0 Å². The lowest BCUT2D eigenvalue weighted by molar-refractivity contribution is 0.411. The Morgan fingerprint density at radius 1 is 1.47 bits per heavy atom. The highest BCUT2D eigenvalue weighted by Crippen LogP contribution is 2.26. The second-order valence-corrected chi connectivity index (χ2v) is 6.58. The maximum absolute atomic E-state index is 12.4. The number of sulfonamides is 1. The summed E-state index contributed by atoms with van der Waals surface area (Å²) in [6, 6.07) is 6.96. The summed E-state index contributed by atoms with van der Waals surface area (Å²) in [5.74, 6) is 0.366. The van der Waals surface area contributed by atoms with Crippen LogP contribution in [0.5, 0.6) is 0 Å². The fraction of sp³-hybridized carbons (Fsp3) is 0.500. The molecule has 0 aromatic heterocycles. The second kappa shape index (κ2) is 4.96. The number of alkyl halides is 1. The number of aryl methyl sites for hydroxylation is 1. The average molecular weight is 274 g/mol. The lowest BCUT2D eigenvalue weighted by Gasteiger charge is -2.22. The molecule has 0 amide bonds. The van der Waals surface area contributed by atoms with Crippen molar-refractivity contribution in [3.8, 4) is 0 Å². The van der Waals surface area contributed by atoms with Crippen LogP contribution in [0.2, 0.25) is 0 Å². The second-order valence-electron chi connectivity index (χ2n) is 4.38. The number of benzene rings is 1. The molecule has 0 aliphatic carbocycles. The smallest absolute Gasteiger partial charge is 0.207 e. The molecule has 2 rings (SSSR count). The molecule has 0 N–H and O–H groups in total. The highest BCUT2D eigenvalue weighted by atomic mass is 35.5. The van der Waals surface area contributed by atoms with Crippen LogP contribution >= 0.6 is 11.6 Å². The lowest BCUT2D eigenvalue weighted by Crippen LogP contribution is -2.36. The van der Waals surface area contributed by atoms with Crippen molar-refractivity contribution in [1.82, 2.24) is 4.31 Å². The van der Waals surface area contributed by atoms with E-state index in [1.165, 1.54) is 4.31 Å². The standard InChI is InChI=1S/C12H16ClNO2S/c1-10-4-2-6-12(8-10)17(15,16)14-7-3-5-11(14)9-13/h2,4,6,8,11H,3,5,7,9H2,1H3. The molecule has 1 saturated heterocycles. The summed E-state index contributed by atoms with van der Waals surface area (Å²) in [5.41, 5.74) is 0.952. The fourth-order valence-corrected chi connectivity index (χ4v) is 4.39. The first-order valence-electron chi connectivity index (χ1n) is 5.70. The van der Waals surface area contributed by atoms with Crippen molar-refractivity contribution >= 4 is 21.6 Å². The van der Waals surface area contributed by atoms with Gasteiger partial charge >= 0.3 is 0 Å². The third-order valence-electron chi connectivity index (χ3n) is 3.10. The molecule has 0 spiro atoms. The van der Waals surface area contributed by atoms with Crippen LogP contribution in [-0.2, 0) is 10.0 Å². The van der Waals surface area contributed by atoms with E-state index in [0.29, 0.717) is 17.3 Å². The Bertz CT molecular complexity index is 501. The molecule has 0 bridgehead atoms. The van der Waals surface area contributed by atoms with Crippen molar-refractivity contribution in [3.05, 3.63) is 29.8 Å². The molecule has 1 aliphatic heterocycles. The number of rotatable bonds is 3. The summed E-state index contributed by atoms with van der Waals surface area (Å²) < 4.78 is 26.4. The van der Waals surface area contributed by atoms with Gasteiger partial charge in [0, 0.05) is 18.5 Å². The normalized spacial score (nSPS) is 21.9. The Kier molecular flexibility index (Phi) is 3.76. The van der Waals surface area contributed by atoms with Gasteiger partial charge in [-0.25, -0.2) is 8.42 Å². The third kappa shape index (κ3) is 2.49. The van der Waals surface area contributed by atoms with Gasteiger partial charge in [0.2, 0.25) is 10.0 Å². The average Bonchev–Trinajstić information content (AvgIpc) is 2.77. The van der Waals surface area contributed by atoms with Crippen molar-refractivity contribution in [2.24, 2.45) is 0 Å². The summed E-state index contributed by atoms with van der Waals surface area (Å²) in [6.45, 7) is 2.47. The van der Waals surface area contributed by atoms with E-state index in [-0.39, 0.29) is 6.04 Å². The van der Waals surface area contributed by atoms with Gasteiger partial charge in [-0.1, -0.05) is 12.1 Å². The Morgan fingerprint density at radius 2 is 2.24 bits per heavy atom. The zero-order chi connectivity index (χ0) is 12.5. The van der Waals surface area contributed by atoms with Crippen LogP contribution in [0.3, 0.4) is 0 Å². The number of halogens is 1. The molecule has 1 aromatic rings. The molecule has 1 unspecified atom stereocenters. The first kappa shape index (κ1) is 12.9. The largest absolute Gasteiger partial charge is 0.243 e. The van der Waals surface area contributed by atoms with Crippen molar-refractivity contribution in [1.29, 1.82) is 0 Å². The van der Waals surface area contributed by atoms with E-state index in [0.717, 1.165) is 18.4 Å². The summed E-state index contributed by atoms with van der Waals surface area (Å²) in [4.78, 5) is 0.370. The van der Waals surface area contributed by atoms with Gasteiger partial charge in [0.05, 0.1) is 4.90 Å². The number of nitrogens with zero attached hydrogens (tertiary/aromatic N) is 1. The van der Waals surface area contributed by atoms with E-state index in [4.69, 9.17) is 11.6 Å². The van der Waals surface area contributed by atoms with E-state index in [1.54, 1.807) is 18.2 Å². The topological polar surface area (TPSA) is 37.4 Å². The first-order valence-corrected chi connectivity index (χ1v) is 7.67. The third-order valence-corrected chi connectivity index (χ3v) is 5.40. The van der Waals surface area contributed by atoms with Gasteiger partial charge < -0.3 is 0 Å². The minimum atomic E-state index is -3.37. The summed E-state index contributed by atoms with van der Waals surface area (Å²) >= 11 is 5.82. The minimum Gasteiger partial charge on any atom is -0.207 e. The summed E-state index contributed by atoms with van der Waals surface area (Å²) in [5, 5.41) is 0. The molecule has 0 saturated carbocycles. The Hall–Kier alpha value is -0.580. The highest BCUT2D eigenvalue weighted by Gasteiger charge is 2.34. The van der Waals surface area contributed by atoms with Gasteiger partial charge in [-0.3, -0.25) is 0 Å². The molecule has 1 fully saturated rings. The van der Waals surface area contributed by atoms with Gasteiger partial charge in [-0.15, -0.1) is 11.6 Å². The molecule has 5 heteroatoms. The van der Waals surface area contributed by atoms with Crippen LogP contribution in [0.1, 0.15) is 18.4 Å². The molecule has 1 atom stereocenters. The van der Waals surface area contributed by atoms with Crippen LogP contribution in [0.4, 0.5) is 0 Å². The Morgan fingerprint density at radius 3 is 2.88 bits per heavy atom. The van der Waals surface area contributed by atoms with Crippen molar-refractivity contribution < 1.29 is 8.42 Å². The van der Waals surface area contributed by atoms with Gasteiger partial charge in [-0.05, 0) is 37.5 Å². The van der Waals surface area contributed by atoms with E-state index < -0.39 is 10.0 Å². The lowest BCUT2D eigenvalue weighted by atomic mass is 10.2. The van der Waals surface area contributed by atoms with Crippen LogP contribution in [0.15, 0.2) is 29.2 Å². The van der Waals surface area contributed by atoms with Crippen molar-refractivity contribution in [2.45, 2.75) is 30.7 Å². The van der Waals surface area contributed by atoms with Gasteiger partial charge in [0.25, 0.3) is 0 Å². The molecule has 0 radical (unpaired) electrons.